The van der Waals surface area contributed by atoms with E-state index < -0.39 is 21.4 Å². The molecule has 4 nitrogen and oxygen atoms in total. The Kier molecular flexibility index (Phi) is 4.77. The second kappa shape index (κ2) is 6.29. The van der Waals surface area contributed by atoms with Crippen molar-refractivity contribution in [3.63, 3.8) is 0 Å². The standard InChI is InChI=1S/C17H20FNO3S/c1-12-11-15(9-10-16(12)18)23(20,21)19-17(2,3)13-5-7-14(22-4)8-6-13/h5-11,19H,1-4H3. The van der Waals surface area contributed by atoms with Gasteiger partial charge in [0.05, 0.1) is 17.5 Å². The molecule has 0 saturated heterocycles. The molecule has 0 heterocycles. The molecule has 0 aliphatic rings. The maximum absolute atomic E-state index is 13.3. The van der Waals surface area contributed by atoms with Gasteiger partial charge in [-0.25, -0.2) is 17.5 Å². The first-order valence-electron chi connectivity index (χ1n) is 7.10. The number of hydrogen-bond donors (Lipinski definition) is 1. The van der Waals surface area contributed by atoms with Gasteiger partial charge < -0.3 is 4.74 Å². The lowest BCUT2D eigenvalue weighted by Crippen LogP contribution is -2.40. The Bertz CT molecular complexity index is 799. The predicted molar refractivity (Wildman–Crippen MR) is 87.5 cm³/mol. The molecular weight excluding hydrogens is 317 g/mol. The molecule has 0 aliphatic heterocycles. The van der Waals surface area contributed by atoms with Gasteiger partial charge in [0.1, 0.15) is 11.6 Å². The molecule has 2 aromatic carbocycles. The molecule has 124 valence electrons. The van der Waals surface area contributed by atoms with Gasteiger partial charge in [-0.15, -0.1) is 0 Å². The van der Waals surface area contributed by atoms with E-state index in [0.29, 0.717) is 5.75 Å². The van der Waals surface area contributed by atoms with Crippen molar-refractivity contribution < 1.29 is 17.5 Å². The number of benzene rings is 2. The van der Waals surface area contributed by atoms with Gasteiger partial charge in [-0.2, -0.15) is 0 Å². The number of ether oxygens (including phenoxy) is 1. The molecule has 2 aromatic rings. The van der Waals surface area contributed by atoms with Crippen LogP contribution in [0.4, 0.5) is 4.39 Å². The minimum absolute atomic E-state index is 0.0398. The van der Waals surface area contributed by atoms with Crippen molar-refractivity contribution in [2.75, 3.05) is 7.11 Å². The highest BCUT2D eigenvalue weighted by molar-refractivity contribution is 7.89. The fourth-order valence-corrected chi connectivity index (χ4v) is 3.73. The molecule has 0 atom stereocenters. The van der Waals surface area contributed by atoms with Gasteiger partial charge in [0.2, 0.25) is 10.0 Å². The Labute approximate surface area is 136 Å². The molecule has 1 N–H and O–H groups in total. The molecular formula is C17H20FNO3S. The molecule has 0 fully saturated rings. The van der Waals surface area contributed by atoms with E-state index in [1.165, 1.54) is 19.1 Å². The molecule has 0 bridgehead atoms. The van der Waals surface area contributed by atoms with Crippen LogP contribution in [-0.4, -0.2) is 15.5 Å². The van der Waals surface area contributed by atoms with Crippen molar-refractivity contribution in [3.8, 4) is 5.75 Å². The first-order valence-corrected chi connectivity index (χ1v) is 8.59. The lowest BCUT2D eigenvalue weighted by Gasteiger charge is -2.27. The normalized spacial score (nSPS) is 12.2. The average molecular weight is 337 g/mol. The van der Waals surface area contributed by atoms with E-state index in [4.69, 9.17) is 4.74 Å². The highest BCUT2D eigenvalue weighted by Gasteiger charge is 2.28. The van der Waals surface area contributed by atoms with Gasteiger partial charge in [0, 0.05) is 0 Å². The van der Waals surface area contributed by atoms with E-state index in [9.17, 15) is 12.8 Å². The SMILES string of the molecule is COc1ccc(C(C)(C)NS(=O)(=O)c2ccc(F)c(C)c2)cc1. The zero-order valence-electron chi connectivity index (χ0n) is 13.6. The fraction of sp³-hybridized carbons (Fsp3) is 0.294. The minimum atomic E-state index is -3.77. The molecule has 0 aromatic heterocycles. The van der Waals surface area contributed by atoms with Crippen LogP contribution < -0.4 is 9.46 Å². The first kappa shape index (κ1) is 17.4. The molecule has 23 heavy (non-hydrogen) atoms. The maximum Gasteiger partial charge on any atom is 0.241 e. The van der Waals surface area contributed by atoms with Crippen LogP contribution in [0.5, 0.6) is 5.75 Å². The third kappa shape index (κ3) is 3.89. The highest BCUT2D eigenvalue weighted by atomic mass is 32.2. The third-order valence-corrected chi connectivity index (χ3v) is 5.29. The van der Waals surface area contributed by atoms with Crippen LogP contribution in [0.3, 0.4) is 0 Å². The predicted octanol–water partition coefficient (Wildman–Crippen LogP) is 3.36. The van der Waals surface area contributed by atoms with Crippen LogP contribution >= 0.6 is 0 Å². The summed E-state index contributed by atoms with van der Waals surface area (Å²) in [6.45, 7) is 5.06. The summed E-state index contributed by atoms with van der Waals surface area (Å²) in [5.41, 5.74) is 0.253. The van der Waals surface area contributed by atoms with Crippen molar-refractivity contribution in [2.45, 2.75) is 31.2 Å². The summed E-state index contributed by atoms with van der Waals surface area (Å²) in [4.78, 5) is 0.0398. The quantitative estimate of drug-likeness (QED) is 0.910. The van der Waals surface area contributed by atoms with Crippen molar-refractivity contribution in [1.29, 1.82) is 0 Å². The Morgan fingerprint density at radius 2 is 1.70 bits per heavy atom. The smallest absolute Gasteiger partial charge is 0.241 e. The van der Waals surface area contributed by atoms with Crippen LogP contribution in [-0.2, 0) is 15.6 Å². The summed E-state index contributed by atoms with van der Waals surface area (Å²) in [6.07, 6.45) is 0. The van der Waals surface area contributed by atoms with E-state index in [0.717, 1.165) is 11.6 Å². The molecule has 0 radical (unpaired) electrons. The summed E-state index contributed by atoms with van der Waals surface area (Å²) in [5, 5.41) is 0. The molecule has 0 saturated carbocycles. The zero-order chi connectivity index (χ0) is 17.3. The van der Waals surface area contributed by atoms with Crippen molar-refractivity contribution >= 4 is 10.0 Å². The molecule has 0 unspecified atom stereocenters. The van der Waals surface area contributed by atoms with Crippen LogP contribution in [0.2, 0.25) is 0 Å². The molecule has 0 spiro atoms. The van der Waals surface area contributed by atoms with Gasteiger partial charge in [-0.05, 0) is 62.2 Å². The van der Waals surface area contributed by atoms with Gasteiger partial charge in [-0.3, -0.25) is 0 Å². The lowest BCUT2D eigenvalue weighted by atomic mass is 9.96. The van der Waals surface area contributed by atoms with E-state index in [-0.39, 0.29) is 10.5 Å². The number of halogens is 1. The van der Waals surface area contributed by atoms with Crippen LogP contribution in [0.1, 0.15) is 25.0 Å². The molecule has 0 amide bonds. The summed E-state index contributed by atoms with van der Waals surface area (Å²) in [5.74, 6) is 0.264. The monoisotopic (exact) mass is 337 g/mol. The number of nitrogens with one attached hydrogen (secondary N) is 1. The van der Waals surface area contributed by atoms with Crippen molar-refractivity contribution in [1.82, 2.24) is 4.72 Å². The lowest BCUT2D eigenvalue weighted by molar-refractivity contribution is 0.413. The van der Waals surface area contributed by atoms with E-state index in [1.54, 1.807) is 45.2 Å². The van der Waals surface area contributed by atoms with E-state index in [1.807, 2.05) is 0 Å². The second-order valence-electron chi connectivity index (χ2n) is 5.87. The summed E-state index contributed by atoms with van der Waals surface area (Å²) in [7, 11) is -2.20. The van der Waals surface area contributed by atoms with E-state index >= 15 is 0 Å². The Hall–Kier alpha value is -1.92. The van der Waals surface area contributed by atoms with E-state index in [2.05, 4.69) is 4.72 Å². The third-order valence-electron chi connectivity index (χ3n) is 3.64. The van der Waals surface area contributed by atoms with Crippen LogP contribution in [0.25, 0.3) is 0 Å². The summed E-state index contributed by atoms with van der Waals surface area (Å²) < 4.78 is 46.2. The van der Waals surface area contributed by atoms with Crippen molar-refractivity contribution in [2.24, 2.45) is 0 Å². The maximum atomic E-state index is 13.3. The number of methoxy groups -OCH3 is 1. The van der Waals surface area contributed by atoms with Gasteiger partial charge >= 0.3 is 0 Å². The molecule has 2 rings (SSSR count). The second-order valence-corrected chi connectivity index (χ2v) is 7.55. The number of aryl methyl sites for hydroxylation is 1. The average Bonchev–Trinajstić information content (AvgIpc) is 2.49. The highest BCUT2D eigenvalue weighted by Crippen LogP contribution is 2.25. The first-order chi connectivity index (χ1) is 10.7. The van der Waals surface area contributed by atoms with Crippen LogP contribution in [0, 0.1) is 12.7 Å². The fourth-order valence-electron chi connectivity index (χ4n) is 2.25. The molecule has 0 aliphatic carbocycles. The summed E-state index contributed by atoms with van der Waals surface area (Å²) >= 11 is 0. The Morgan fingerprint density at radius 3 is 2.22 bits per heavy atom. The number of rotatable bonds is 5. The van der Waals surface area contributed by atoms with Crippen LogP contribution in [0.15, 0.2) is 47.4 Å². The zero-order valence-corrected chi connectivity index (χ0v) is 14.4. The molecule has 6 heteroatoms. The van der Waals surface area contributed by atoms with Gasteiger partial charge in [0.15, 0.2) is 0 Å². The van der Waals surface area contributed by atoms with Gasteiger partial charge in [0.25, 0.3) is 0 Å². The van der Waals surface area contributed by atoms with Gasteiger partial charge in [-0.1, -0.05) is 12.1 Å². The number of sulfonamides is 1. The largest absolute Gasteiger partial charge is 0.497 e. The Morgan fingerprint density at radius 1 is 1.09 bits per heavy atom. The Balaban J connectivity index is 2.31. The summed E-state index contributed by atoms with van der Waals surface area (Å²) in [6, 6.07) is 10.9. The number of hydrogen-bond acceptors (Lipinski definition) is 3. The minimum Gasteiger partial charge on any atom is -0.497 e. The van der Waals surface area contributed by atoms with Crippen molar-refractivity contribution in [3.05, 3.63) is 59.4 Å². The topological polar surface area (TPSA) is 55.4 Å².